The third-order valence-electron chi connectivity index (χ3n) is 3.21. The third-order valence-corrected chi connectivity index (χ3v) is 3.21. The number of aliphatic hydroxyl groups excluding tert-OH is 1. The Labute approximate surface area is 121 Å². The Morgan fingerprint density at radius 2 is 2.00 bits per heavy atom. The fraction of sp³-hybridized carbons (Fsp3) is 0.214. The number of aromatic nitrogens is 1. The molecule has 0 saturated carbocycles. The maximum atomic E-state index is 10.8. The van der Waals surface area contributed by atoms with Gasteiger partial charge in [-0.05, 0) is 31.5 Å². The minimum Gasteiger partial charge on any atom is -0.395 e. The minimum absolute atomic E-state index is 0.109. The lowest BCUT2D eigenvalue weighted by Gasteiger charge is -2.11. The van der Waals surface area contributed by atoms with Gasteiger partial charge in [0.1, 0.15) is 6.20 Å². The first-order valence-corrected chi connectivity index (χ1v) is 6.34. The second-order valence-electron chi connectivity index (χ2n) is 4.71. The summed E-state index contributed by atoms with van der Waals surface area (Å²) in [5, 5.41) is 23.3. The number of hydrogen-bond donors (Lipinski definition) is 3. The van der Waals surface area contributed by atoms with Crippen molar-refractivity contribution < 1.29 is 10.0 Å². The van der Waals surface area contributed by atoms with E-state index in [-0.39, 0.29) is 11.4 Å². The van der Waals surface area contributed by atoms with Gasteiger partial charge in [-0.1, -0.05) is 12.1 Å². The Kier molecular flexibility index (Phi) is 4.04. The number of benzene rings is 1. The highest BCUT2D eigenvalue weighted by molar-refractivity contribution is 5.74. The molecule has 0 spiro atoms. The number of hydrogen-bond acceptors (Lipinski definition) is 6. The van der Waals surface area contributed by atoms with Crippen molar-refractivity contribution in [3.05, 3.63) is 51.7 Å². The maximum absolute atomic E-state index is 10.8. The molecule has 0 aliphatic heterocycles. The molecule has 1 unspecified atom stereocenters. The molecule has 1 atom stereocenters. The fourth-order valence-corrected chi connectivity index (χ4v) is 1.87. The number of nitrogen functional groups attached to an aromatic ring is 1. The highest BCUT2D eigenvalue weighted by Gasteiger charge is 2.16. The average molecular weight is 288 g/mol. The predicted octanol–water partition coefficient (Wildman–Crippen LogP) is 2.68. The zero-order chi connectivity index (χ0) is 15.6. The standard InChI is InChI=1S/C14H16N4O3/c1-8-12(18(20)21)7-16-14(13(8)15)17-11-5-3-10(4-6-11)9(2)19/h3-7,9,19H,15H2,1-2H3,(H,16,17). The lowest BCUT2D eigenvalue weighted by Crippen LogP contribution is -2.04. The van der Waals surface area contributed by atoms with E-state index in [2.05, 4.69) is 10.3 Å². The van der Waals surface area contributed by atoms with Gasteiger partial charge in [0.05, 0.1) is 22.3 Å². The van der Waals surface area contributed by atoms with Crippen molar-refractivity contribution in [2.75, 3.05) is 11.1 Å². The summed E-state index contributed by atoms with van der Waals surface area (Å²) >= 11 is 0. The molecular formula is C14H16N4O3. The number of nitrogens with one attached hydrogen (secondary N) is 1. The summed E-state index contributed by atoms with van der Waals surface area (Å²) in [5.74, 6) is 0.364. The molecule has 0 aliphatic rings. The van der Waals surface area contributed by atoms with Crippen LogP contribution in [0.15, 0.2) is 30.5 Å². The SMILES string of the molecule is Cc1c([N+](=O)[O-])cnc(Nc2ccc(C(C)O)cc2)c1N. The molecule has 0 aliphatic carbocycles. The maximum Gasteiger partial charge on any atom is 0.292 e. The summed E-state index contributed by atoms with van der Waals surface area (Å²) in [6.45, 7) is 3.26. The Bertz CT molecular complexity index is 669. The Morgan fingerprint density at radius 3 is 2.52 bits per heavy atom. The molecule has 2 aromatic rings. The van der Waals surface area contributed by atoms with Crippen molar-refractivity contribution in [3.63, 3.8) is 0 Å². The first-order valence-electron chi connectivity index (χ1n) is 6.34. The number of pyridine rings is 1. The molecular weight excluding hydrogens is 272 g/mol. The van der Waals surface area contributed by atoms with E-state index >= 15 is 0 Å². The van der Waals surface area contributed by atoms with Crippen molar-refractivity contribution >= 4 is 22.9 Å². The van der Waals surface area contributed by atoms with Crippen molar-refractivity contribution in [1.82, 2.24) is 4.98 Å². The molecule has 0 fully saturated rings. The fourth-order valence-electron chi connectivity index (χ4n) is 1.87. The largest absolute Gasteiger partial charge is 0.395 e. The molecule has 0 saturated heterocycles. The normalized spacial score (nSPS) is 12.0. The molecule has 0 radical (unpaired) electrons. The second kappa shape index (κ2) is 5.76. The van der Waals surface area contributed by atoms with Crippen LogP contribution in [0, 0.1) is 17.0 Å². The zero-order valence-electron chi connectivity index (χ0n) is 11.7. The van der Waals surface area contributed by atoms with Crippen LogP contribution in [0.5, 0.6) is 0 Å². The first kappa shape index (κ1) is 14.7. The van der Waals surface area contributed by atoms with Gasteiger partial charge in [0, 0.05) is 5.69 Å². The lowest BCUT2D eigenvalue weighted by molar-refractivity contribution is -0.385. The molecule has 1 aromatic carbocycles. The highest BCUT2D eigenvalue weighted by Crippen LogP contribution is 2.30. The number of nitro groups is 1. The molecule has 1 aromatic heterocycles. The van der Waals surface area contributed by atoms with Crippen LogP contribution >= 0.6 is 0 Å². The van der Waals surface area contributed by atoms with Gasteiger partial charge in [0.25, 0.3) is 5.69 Å². The van der Waals surface area contributed by atoms with Crippen LogP contribution < -0.4 is 11.1 Å². The number of nitrogens with zero attached hydrogens (tertiary/aromatic N) is 2. The van der Waals surface area contributed by atoms with Crippen LogP contribution in [-0.4, -0.2) is 15.0 Å². The number of aliphatic hydroxyl groups is 1. The smallest absolute Gasteiger partial charge is 0.292 e. The quantitative estimate of drug-likeness (QED) is 0.588. The van der Waals surface area contributed by atoms with Crippen LogP contribution in [0.2, 0.25) is 0 Å². The van der Waals surface area contributed by atoms with Crippen molar-refractivity contribution in [3.8, 4) is 0 Å². The summed E-state index contributed by atoms with van der Waals surface area (Å²) < 4.78 is 0. The van der Waals surface area contributed by atoms with E-state index in [1.54, 1.807) is 38.1 Å². The molecule has 4 N–H and O–H groups in total. The molecule has 110 valence electrons. The topological polar surface area (TPSA) is 114 Å². The Hall–Kier alpha value is -2.67. The van der Waals surface area contributed by atoms with Crippen LogP contribution in [0.4, 0.5) is 22.9 Å². The summed E-state index contributed by atoms with van der Waals surface area (Å²) in [5.41, 5.74) is 7.90. The lowest BCUT2D eigenvalue weighted by atomic mass is 10.1. The second-order valence-corrected chi connectivity index (χ2v) is 4.71. The number of anilines is 3. The van der Waals surface area contributed by atoms with Gasteiger partial charge in [-0.3, -0.25) is 10.1 Å². The van der Waals surface area contributed by atoms with Crippen molar-refractivity contribution in [2.45, 2.75) is 20.0 Å². The van der Waals surface area contributed by atoms with Gasteiger partial charge in [0.15, 0.2) is 5.82 Å². The van der Waals surface area contributed by atoms with Crippen LogP contribution in [-0.2, 0) is 0 Å². The zero-order valence-corrected chi connectivity index (χ0v) is 11.7. The summed E-state index contributed by atoms with van der Waals surface area (Å²) in [4.78, 5) is 14.3. The monoisotopic (exact) mass is 288 g/mol. The van der Waals surface area contributed by atoms with Gasteiger partial charge in [-0.15, -0.1) is 0 Å². The summed E-state index contributed by atoms with van der Waals surface area (Å²) in [6.07, 6.45) is 0.641. The van der Waals surface area contributed by atoms with Crippen LogP contribution in [0.25, 0.3) is 0 Å². The van der Waals surface area contributed by atoms with E-state index in [9.17, 15) is 15.2 Å². The summed E-state index contributed by atoms with van der Waals surface area (Å²) in [7, 11) is 0. The number of nitrogens with two attached hydrogens (primary N) is 1. The van der Waals surface area contributed by atoms with E-state index < -0.39 is 11.0 Å². The molecule has 2 rings (SSSR count). The number of rotatable bonds is 4. The van der Waals surface area contributed by atoms with Crippen LogP contribution in [0.3, 0.4) is 0 Å². The van der Waals surface area contributed by atoms with Gasteiger partial charge in [-0.2, -0.15) is 0 Å². The third kappa shape index (κ3) is 3.09. The van der Waals surface area contributed by atoms with Crippen LogP contribution in [0.1, 0.15) is 24.2 Å². The van der Waals surface area contributed by atoms with E-state index in [1.807, 2.05) is 0 Å². The van der Waals surface area contributed by atoms with Gasteiger partial charge < -0.3 is 16.2 Å². The van der Waals surface area contributed by atoms with Gasteiger partial charge in [0.2, 0.25) is 0 Å². The highest BCUT2D eigenvalue weighted by atomic mass is 16.6. The molecule has 7 heteroatoms. The minimum atomic E-state index is -0.538. The predicted molar refractivity (Wildman–Crippen MR) is 80.4 cm³/mol. The molecule has 0 bridgehead atoms. The van der Waals surface area contributed by atoms with Gasteiger partial charge >= 0.3 is 0 Å². The van der Waals surface area contributed by atoms with E-state index in [1.165, 1.54) is 6.20 Å². The summed E-state index contributed by atoms with van der Waals surface area (Å²) in [6, 6.07) is 7.11. The van der Waals surface area contributed by atoms with Crippen molar-refractivity contribution in [2.24, 2.45) is 0 Å². The Morgan fingerprint density at radius 1 is 1.38 bits per heavy atom. The van der Waals surface area contributed by atoms with E-state index in [0.717, 1.165) is 11.3 Å². The molecule has 1 heterocycles. The molecule has 21 heavy (non-hydrogen) atoms. The van der Waals surface area contributed by atoms with E-state index in [4.69, 9.17) is 5.73 Å². The van der Waals surface area contributed by atoms with E-state index in [0.29, 0.717) is 11.4 Å². The average Bonchev–Trinajstić information content (AvgIpc) is 2.44. The van der Waals surface area contributed by atoms with Gasteiger partial charge in [-0.25, -0.2) is 4.98 Å². The van der Waals surface area contributed by atoms with Crippen molar-refractivity contribution in [1.29, 1.82) is 0 Å². The molecule has 0 amide bonds. The Balaban J connectivity index is 2.27. The first-order chi connectivity index (χ1) is 9.90. The molecule has 7 nitrogen and oxygen atoms in total.